The highest BCUT2D eigenvalue weighted by atomic mass is 16.5. The Labute approximate surface area is 244 Å². The van der Waals surface area contributed by atoms with E-state index < -0.39 is 6.04 Å². The van der Waals surface area contributed by atoms with Gasteiger partial charge in [-0.05, 0) is 65.6 Å². The molecule has 42 heavy (non-hydrogen) atoms. The van der Waals surface area contributed by atoms with E-state index in [1.165, 1.54) is 0 Å². The van der Waals surface area contributed by atoms with E-state index in [0.717, 1.165) is 22.0 Å². The second kappa shape index (κ2) is 13.4. The molecule has 0 aliphatic heterocycles. The summed E-state index contributed by atoms with van der Waals surface area (Å²) in [5, 5.41) is 24.3. The maximum Gasteiger partial charge on any atom is 0.247 e. The van der Waals surface area contributed by atoms with Crippen molar-refractivity contribution in [2.75, 3.05) is 19.0 Å². The molecule has 0 aliphatic carbocycles. The number of aromatic nitrogens is 1. The van der Waals surface area contributed by atoms with Gasteiger partial charge in [-0.15, -0.1) is 0 Å². The highest BCUT2D eigenvalue weighted by Gasteiger charge is 2.22. The van der Waals surface area contributed by atoms with E-state index >= 15 is 0 Å². The predicted molar refractivity (Wildman–Crippen MR) is 163 cm³/mol. The second-order valence-electron chi connectivity index (χ2n) is 9.73. The molecule has 0 fully saturated rings. The van der Waals surface area contributed by atoms with Crippen LogP contribution in [0.5, 0.6) is 11.5 Å². The third-order valence-electron chi connectivity index (χ3n) is 6.99. The number of H-pyrrole nitrogens is 1. The molecule has 6 N–H and O–H groups in total. The molecule has 5 aromatic rings. The number of carbonyl (C=O) groups is 1. The van der Waals surface area contributed by atoms with Crippen molar-refractivity contribution in [3.8, 4) is 11.5 Å². The molecule has 0 saturated carbocycles. The smallest absolute Gasteiger partial charge is 0.247 e. The van der Waals surface area contributed by atoms with Gasteiger partial charge < -0.3 is 25.1 Å². The Morgan fingerprint density at radius 1 is 0.952 bits per heavy atom. The lowest BCUT2D eigenvalue weighted by Gasteiger charge is -2.22. The normalized spacial score (nSPS) is 11.5. The molecule has 4 aromatic carbocycles. The van der Waals surface area contributed by atoms with Crippen LogP contribution in [0.2, 0.25) is 0 Å². The number of nitrogens with one attached hydrogen (secondary N) is 5. The van der Waals surface area contributed by atoms with Gasteiger partial charge in [0.15, 0.2) is 11.5 Å². The van der Waals surface area contributed by atoms with Crippen molar-refractivity contribution in [2.24, 2.45) is 0 Å². The lowest BCUT2D eigenvalue weighted by atomic mass is 10.0. The maximum absolute atomic E-state index is 13.6. The molecular weight excluding hydrogens is 530 g/mol. The average Bonchev–Trinajstić information content (AvgIpc) is 3.46. The number of rotatable bonds is 12. The molecule has 9 nitrogen and oxygen atoms in total. The molecular formula is C33H33N5O4. The number of para-hydroxylation sites is 1. The number of aromatic amines is 1. The van der Waals surface area contributed by atoms with Crippen LogP contribution in [0, 0.1) is 5.41 Å². The van der Waals surface area contributed by atoms with Crippen LogP contribution in [0.15, 0.2) is 103 Å². The van der Waals surface area contributed by atoms with Gasteiger partial charge in [-0.2, -0.15) is 0 Å². The monoisotopic (exact) mass is 563 g/mol. The number of hydrogen-bond acceptors (Lipinski definition) is 6. The summed E-state index contributed by atoms with van der Waals surface area (Å²) >= 11 is 0. The number of methoxy groups -OCH3 is 1. The molecule has 1 amide bonds. The van der Waals surface area contributed by atoms with Gasteiger partial charge in [0.2, 0.25) is 5.91 Å². The van der Waals surface area contributed by atoms with Gasteiger partial charge in [0.05, 0.1) is 7.11 Å². The Morgan fingerprint density at radius 3 is 2.48 bits per heavy atom. The van der Waals surface area contributed by atoms with Gasteiger partial charge in [0.1, 0.15) is 18.5 Å². The summed E-state index contributed by atoms with van der Waals surface area (Å²) in [4.78, 5) is 16.9. The van der Waals surface area contributed by atoms with Gasteiger partial charge in [0.25, 0.3) is 0 Å². The Morgan fingerprint density at radius 2 is 1.71 bits per heavy atom. The number of fused-ring (bicyclic) bond motifs is 1. The topological polar surface area (TPSA) is 131 Å². The Bertz CT molecular complexity index is 1650. The largest absolute Gasteiger partial charge is 0.493 e. The molecule has 0 radical (unpaired) electrons. The van der Waals surface area contributed by atoms with Crippen LogP contribution < -0.4 is 25.6 Å². The fourth-order valence-electron chi connectivity index (χ4n) is 4.74. The third-order valence-corrected chi connectivity index (χ3v) is 6.99. The number of benzene rings is 4. The molecule has 1 heterocycles. The SMILES string of the molecule is COc1cc(C(Nc2ccc(C(=N)NO)cc2)C(=O)NCCc2c[nH]c3ccccc23)ccc1OCc1ccccc1. The van der Waals surface area contributed by atoms with Crippen molar-refractivity contribution >= 4 is 28.3 Å². The van der Waals surface area contributed by atoms with Crippen molar-refractivity contribution in [2.45, 2.75) is 19.1 Å². The number of carbonyl (C=O) groups excluding carboxylic acids is 1. The molecule has 0 aliphatic rings. The van der Waals surface area contributed by atoms with E-state index in [1.54, 1.807) is 37.4 Å². The van der Waals surface area contributed by atoms with E-state index in [0.29, 0.717) is 47.9 Å². The van der Waals surface area contributed by atoms with Crippen molar-refractivity contribution in [1.82, 2.24) is 15.8 Å². The van der Waals surface area contributed by atoms with Gasteiger partial charge in [-0.25, -0.2) is 0 Å². The zero-order chi connectivity index (χ0) is 29.3. The quantitative estimate of drug-likeness (QED) is 0.0668. The first kappa shape index (κ1) is 28.3. The van der Waals surface area contributed by atoms with Crippen LogP contribution in [0.1, 0.15) is 28.3 Å². The number of amides is 1. The maximum atomic E-state index is 13.6. The lowest BCUT2D eigenvalue weighted by molar-refractivity contribution is -0.121. The van der Waals surface area contributed by atoms with Crippen molar-refractivity contribution in [3.05, 3.63) is 126 Å². The molecule has 5 rings (SSSR count). The fourth-order valence-corrected chi connectivity index (χ4v) is 4.74. The Balaban J connectivity index is 1.35. The van der Waals surface area contributed by atoms with Crippen LogP contribution in [-0.4, -0.2) is 35.6 Å². The molecule has 1 unspecified atom stereocenters. The molecule has 0 saturated heterocycles. The van der Waals surface area contributed by atoms with Gasteiger partial charge >= 0.3 is 0 Å². The summed E-state index contributed by atoms with van der Waals surface area (Å²) in [6, 6.07) is 29.5. The summed E-state index contributed by atoms with van der Waals surface area (Å²) in [6.45, 7) is 0.836. The Hall–Kier alpha value is -5.28. The zero-order valence-electron chi connectivity index (χ0n) is 23.2. The van der Waals surface area contributed by atoms with Gasteiger partial charge in [-0.3, -0.25) is 20.9 Å². The van der Waals surface area contributed by atoms with Crippen LogP contribution >= 0.6 is 0 Å². The highest BCUT2D eigenvalue weighted by molar-refractivity contribution is 5.96. The molecule has 1 atom stereocenters. The van der Waals surface area contributed by atoms with Gasteiger partial charge in [0, 0.05) is 34.9 Å². The summed E-state index contributed by atoms with van der Waals surface area (Å²) < 4.78 is 11.7. The standard InChI is InChI=1S/C33H33N5O4/c1-41-30-19-24(13-16-29(30)42-21-22-7-3-2-4-8-22)31(37-26-14-11-23(12-15-26)32(34)38-40)33(39)35-18-17-25-20-36-28-10-6-5-9-27(25)28/h2-16,19-20,31,36-37,40H,17-18,21H2,1H3,(H2,34,38)(H,35,39). The first-order valence-electron chi connectivity index (χ1n) is 13.6. The van der Waals surface area contributed by atoms with E-state index in [4.69, 9.17) is 20.1 Å². The van der Waals surface area contributed by atoms with Crippen molar-refractivity contribution < 1.29 is 19.5 Å². The van der Waals surface area contributed by atoms with Crippen molar-refractivity contribution in [1.29, 1.82) is 5.41 Å². The van der Waals surface area contributed by atoms with Crippen LogP contribution in [0.3, 0.4) is 0 Å². The number of anilines is 1. The minimum atomic E-state index is -0.744. The fraction of sp³-hybridized carbons (Fsp3) is 0.152. The number of hydrogen-bond donors (Lipinski definition) is 6. The minimum absolute atomic E-state index is 0.121. The van der Waals surface area contributed by atoms with E-state index in [9.17, 15) is 4.79 Å². The van der Waals surface area contributed by atoms with Crippen LogP contribution in [0.25, 0.3) is 10.9 Å². The summed E-state index contributed by atoms with van der Waals surface area (Å²) in [5.74, 6) is 0.759. The first-order chi connectivity index (χ1) is 20.6. The predicted octanol–water partition coefficient (Wildman–Crippen LogP) is 5.57. The summed E-state index contributed by atoms with van der Waals surface area (Å²) in [6.07, 6.45) is 2.65. The summed E-state index contributed by atoms with van der Waals surface area (Å²) in [5.41, 5.74) is 6.94. The van der Waals surface area contributed by atoms with E-state index in [1.807, 2.05) is 72.3 Å². The van der Waals surface area contributed by atoms with E-state index in [2.05, 4.69) is 21.7 Å². The van der Waals surface area contributed by atoms with Crippen LogP contribution in [-0.2, 0) is 17.8 Å². The number of amidine groups is 1. The van der Waals surface area contributed by atoms with E-state index in [-0.39, 0.29) is 11.7 Å². The zero-order valence-corrected chi connectivity index (χ0v) is 23.2. The molecule has 214 valence electrons. The third kappa shape index (κ3) is 6.71. The van der Waals surface area contributed by atoms with Gasteiger partial charge in [-0.1, -0.05) is 54.6 Å². The lowest BCUT2D eigenvalue weighted by Crippen LogP contribution is -2.34. The Kier molecular flexibility index (Phi) is 9.00. The minimum Gasteiger partial charge on any atom is -0.493 e. The molecule has 0 bridgehead atoms. The number of ether oxygens (including phenoxy) is 2. The molecule has 9 heteroatoms. The average molecular weight is 564 g/mol. The molecule has 1 aromatic heterocycles. The van der Waals surface area contributed by atoms with Crippen molar-refractivity contribution in [3.63, 3.8) is 0 Å². The summed E-state index contributed by atoms with van der Waals surface area (Å²) in [7, 11) is 1.57. The first-order valence-corrected chi connectivity index (χ1v) is 13.6. The van der Waals surface area contributed by atoms with Crippen LogP contribution in [0.4, 0.5) is 5.69 Å². The highest BCUT2D eigenvalue weighted by Crippen LogP contribution is 2.32. The molecule has 0 spiro atoms. The number of hydroxylamine groups is 1. The second-order valence-corrected chi connectivity index (χ2v) is 9.73.